The summed E-state index contributed by atoms with van der Waals surface area (Å²) in [4.78, 5) is 4.65. The normalized spacial score (nSPS) is 15.5. The second-order valence-electron chi connectivity index (χ2n) is 6.78. The van der Waals surface area contributed by atoms with Crippen molar-refractivity contribution in [3.05, 3.63) is 29.3 Å². The lowest BCUT2D eigenvalue weighted by Gasteiger charge is -2.37. The van der Waals surface area contributed by atoms with Crippen molar-refractivity contribution < 1.29 is 14.6 Å². The van der Waals surface area contributed by atoms with Crippen LogP contribution in [0, 0.1) is 6.92 Å². The second kappa shape index (κ2) is 12.4. The molecule has 1 aromatic rings. The first-order valence-corrected chi connectivity index (χ1v) is 9.61. The van der Waals surface area contributed by atoms with Crippen LogP contribution in [0.3, 0.4) is 0 Å². The maximum atomic E-state index is 10.3. The fourth-order valence-corrected chi connectivity index (χ4v) is 2.80. The average Bonchev–Trinajstić information content (AvgIpc) is 2.60. The number of hydrogen-bond donors (Lipinski definition) is 3. The summed E-state index contributed by atoms with van der Waals surface area (Å²) < 4.78 is 11.2. The lowest BCUT2D eigenvalue weighted by Crippen LogP contribution is -2.50. The molecule has 0 aromatic heterocycles. The molecule has 0 atom stereocenters. The number of rotatable bonds is 10. The van der Waals surface area contributed by atoms with Gasteiger partial charge >= 0.3 is 0 Å². The van der Waals surface area contributed by atoms with Gasteiger partial charge in [-0.1, -0.05) is 12.1 Å². The second-order valence-corrected chi connectivity index (χ2v) is 6.78. The number of benzene rings is 1. The van der Waals surface area contributed by atoms with Gasteiger partial charge in [0.2, 0.25) is 0 Å². The van der Waals surface area contributed by atoms with Crippen LogP contribution < -0.4 is 15.4 Å². The van der Waals surface area contributed by atoms with E-state index in [1.54, 1.807) is 0 Å². The predicted molar refractivity (Wildman–Crippen MR) is 120 cm³/mol. The molecule has 0 aliphatic heterocycles. The number of aliphatic hydroxyl groups is 1. The third kappa shape index (κ3) is 8.23. The molecule has 0 amide bonds. The Bertz CT molecular complexity index is 592. The van der Waals surface area contributed by atoms with Crippen molar-refractivity contribution in [2.24, 2.45) is 4.99 Å². The summed E-state index contributed by atoms with van der Waals surface area (Å²) in [6.07, 6.45) is 2.81. The van der Waals surface area contributed by atoms with Gasteiger partial charge in [0.1, 0.15) is 12.4 Å². The lowest BCUT2D eigenvalue weighted by atomic mass is 9.80. The van der Waals surface area contributed by atoms with Gasteiger partial charge in [-0.05, 0) is 51.7 Å². The molecule has 0 spiro atoms. The number of guanidine groups is 1. The SMILES string of the molecule is CCNC(=NCc1ccc(C)cc1OCCOCC)NCC1(O)CCC1.I. The van der Waals surface area contributed by atoms with Gasteiger partial charge in [-0.15, -0.1) is 24.0 Å². The van der Waals surface area contributed by atoms with E-state index in [0.717, 1.165) is 42.7 Å². The van der Waals surface area contributed by atoms with Crippen LogP contribution in [0.1, 0.15) is 44.2 Å². The fourth-order valence-electron chi connectivity index (χ4n) is 2.80. The largest absolute Gasteiger partial charge is 0.491 e. The Morgan fingerprint density at radius 2 is 2.00 bits per heavy atom. The Labute approximate surface area is 180 Å². The Morgan fingerprint density at radius 3 is 2.63 bits per heavy atom. The van der Waals surface area contributed by atoms with E-state index in [1.165, 1.54) is 0 Å². The molecule has 27 heavy (non-hydrogen) atoms. The van der Waals surface area contributed by atoms with E-state index < -0.39 is 5.60 Å². The molecule has 0 unspecified atom stereocenters. The highest BCUT2D eigenvalue weighted by molar-refractivity contribution is 14.0. The van der Waals surface area contributed by atoms with Crippen LogP contribution in [0.15, 0.2) is 23.2 Å². The van der Waals surface area contributed by atoms with Crippen molar-refractivity contribution >= 4 is 29.9 Å². The molecule has 6 nitrogen and oxygen atoms in total. The van der Waals surface area contributed by atoms with Gasteiger partial charge in [0.25, 0.3) is 0 Å². The minimum atomic E-state index is -0.576. The van der Waals surface area contributed by atoms with Crippen molar-refractivity contribution in [1.82, 2.24) is 10.6 Å². The topological polar surface area (TPSA) is 75.1 Å². The zero-order chi connectivity index (χ0) is 18.8. The number of halogens is 1. The smallest absolute Gasteiger partial charge is 0.191 e. The Morgan fingerprint density at radius 1 is 1.22 bits per heavy atom. The van der Waals surface area contributed by atoms with E-state index in [4.69, 9.17) is 9.47 Å². The molecule has 0 heterocycles. The molecule has 1 aliphatic carbocycles. The molecule has 1 saturated carbocycles. The van der Waals surface area contributed by atoms with Crippen LogP contribution in [0.5, 0.6) is 5.75 Å². The summed E-state index contributed by atoms with van der Waals surface area (Å²) in [5.74, 6) is 1.57. The number of ether oxygens (including phenoxy) is 2. The highest BCUT2D eigenvalue weighted by Crippen LogP contribution is 2.30. The maximum Gasteiger partial charge on any atom is 0.191 e. The van der Waals surface area contributed by atoms with Gasteiger partial charge in [-0.2, -0.15) is 0 Å². The third-order valence-electron chi connectivity index (χ3n) is 4.53. The van der Waals surface area contributed by atoms with Crippen molar-refractivity contribution in [3.8, 4) is 5.75 Å². The summed E-state index contributed by atoms with van der Waals surface area (Å²) in [6, 6.07) is 6.16. The molecule has 1 fully saturated rings. The molecule has 3 N–H and O–H groups in total. The minimum Gasteiger partial charge on any atom is -0.491 e. The first-order chi connectivity index (χ1) is 12.6. The Kier molecular flexibility index (Phi) is 11.0. The number of nitrogens with one attached hydrogen (secondary N) is 2. The molecule has 154 valence electrons. The average molecular weight is 491 g/mol. The van der Waals surface area contributed by atoms with Crippen LogP contribution >= 0.6 is 24.0 Å². The fraction of sp³-hybridized carbons (Fsp3) is 0.650. The van der Waals surface area contributed by atoms with E-state index in [9.17, 15) is 5.11 Å². The zero-order valence-corrected chi connectivity index (χ0v) is 19.0. The van der Waals surface area contributed by atoms with Crippen molar-refractivity contribution in [2.45, 2.75) is 52.2 Å². The molecular weight excluding hydrogens is 457 g/mol. The monoisotopic (exact) mass is 491 g/mol. The maximum absolute atomic E-state index is 10.3. The van der Waals surface area contributed by atoms with E-state index in [0.29, 0.717) is 38.9 Å². The van der Waals surface area contributed by atoms with Crippen LogP contribution in [0.4, 0.5) is 0 Å². The molecule has 1 aromatic carbocycles. The number of aliphatic imine (C=N–C) groups is 1. The van der Waals surface area contributed by atoms with Gasteiger partial charge in [-0.3, -0.25) is 0 Å². The quantitative estimate of drug-likeness (QED) is 0.203. The van der Waals surface area contributed by atoms with Crippen LogP contribution in [-0.2, 0) is 11.3 Å². The van der Waals surface area contributed by atoms with Crippen LogP contribution in [-0.4, -0.2) is 49.6 Å². The summed E-state index contributed by atoms with van der Waals surface area (Å²) in [5, 5.41) is 16.7. The molecule has 1 aliphatic rings. The molecule has 0 saturated heterocycles. The molecular formula is C20H34IN3O3. The van der Waals surface area contributed by atoms with Crippen LogP contribution in [0.25, 0.3) is 0 Å². The molecule has 0 radical (unpaired) electrons. The number of nitrogens with zero attached hydrogens (tertiary/aromatic N) is 1. The minimum absolute atomic E-state index is 0. The first-order valence-electron chi connectivity index (χ1n) is 9.61. The van der Waals surface area contributed by atoms with Crippen molar-refractivity contribution in [2.75, 3.05) is 32.9 Å². The highest BCUT2D eigenvalue weighted by atomic mass is 127. The van der Waals surface area contributed by atoms with E-state index in [2.05, 4.69) is 27.8 Å². The number of aryl methyl sites for hydroxylation is 1. The summed E-state index contributed by atoms with van der Waals surface area (Å²) in [6.45, 7) is 9.67. The standard InChI is InChI=1S/C20H33N3O3.HI/c1-4-21-19(23-15-20(24)9-6-10-20)22-14-17-8-7-16(3)13-18(17)26-12-11-25-5-2;/h7-8,13,24H,4-6,9-12,14-15H2,1-3H3,(H2,21,22,23);1H. The van der Waals surface area contributed by atoms with Crippen molar-refractivity contribution in [1.29, 1.82) is 0 Å². The Balaban J connectivity index is 0.00000364. The first kappa shape index (κ1) is 24.0. The predicted octanol–water partition coefficient (Wildman–Crippen LogP) is 3.00. The van der Waals surface area contributed by atoms with E-state index >= 15 is 0 Å². The lowest BCUT2D eigenvalue weighted by molar-refractivity contribution is -0.0279. The van der Waals surface area contributed by atoms with Gasteiger partial charge in [-0.25, -0.2) is 4.99 Å². The molecule has 7 heteroatoms. The van der Waals surface area contributed by atoms with Gasteiger partial charge < -0.3 is 25.2 Å². The van der Waals surface area contributed by atoms with Crippen molar-refractivity contribution in [3.63, 3.8) is 0 Å². The van der Waals surface area contributed by atoms with Crippen LogP contribution in [0.2, 0.25) is 0 Å². The summed E-state index contributed by atoms with van der Waals surface area (Å²) >= 11 is 0. The van der Waals surface area contributed by atoms with Gasteiger partial charge in [0.05, 0.1) is 18.8 Å². The van der Waals surface area contributed by atoms with E-state index in [1.807, 2.05) is 26.8 Å². The summed E-state index contributed by atoms with van der Waals surface area (Å²) in [7, 11) is 0. The third-order valence-corrected chi connectivity index (χ3v) is 4.53. The molecule has 0 bridgehead atoms. The van der Waals surface area contributed by atoms with Gasteiger partial charge in [0, 0.05) is 25.3 Å². The molecule has 2 rings (SSSR count). The Hall–Kier alpha value is -1.06. The van der Waals surface area contributed by atoms with Gasteiger partial charge in [0.15, 0.2) is 5.96 Å². The summed E-state index contributed by atoms with van der Waals surface area (Å²) in [5.41, 5.74) is 1.61. The zero-order valence-electron chi connectivity index (χ0n) is 16.7. The van der Waals surface area contributed by atoms with E-state index in [-0.39, 0.29) is 24.0 Å². The highest BCUT2D eigenvalue weighted by Gasteiger charge is 2.34. The number of hydrogen-bond acceptors (Lipinski definition) is 4.